The summed E-state index contributed by atoms with van der Waals surface area (Å²) >= 11 is 0. The molecule has 0 fully saturated rings. The average molecular weight is 394 g/mol. The number of hydrogen-bond donors (Lipinski definition) is 0. The molecule has 28 heavy (non-hydrogen) atoms. The number of ketones is 2. The van der Waals surface area contributed by atoms with E-state index in [-0.39, 0.29) is 6.61 Å². The second kappa shape index (κ2) is 9.16. The first-order valence-electron chi connectivity index (χ1n) is 8.65. The monoisotopic (exact) mass is 394 g/mol. The summed E-state index contributed by atoms with van der Waals surface area (Å²) in [6.45, 7) is 6.38. The normalized spacial score (nSPS) is 12.1. The van der Waals surface area contributed by atoms with Crippen LogP contribution in [0, 0.1) is 31.6 Å². The number of ether oxygens (including phenoxy) is 1. The van der Waals surface area contributed by atoms with Gasteiger partial charge in [-0.3, -0.25) is 34.6 Å². The quantitative estimate of drug-likeness (QED) is 0.193. The predicted molar refractivity (Wildman–Crippen MR) is 97.9 cm³/mol. The van der Waals surface area contributed by atoms with Gasteiger partial charge in [-0.25, -0.2) is 0 Å². The highest BCUT2D eigenvalue weighted by Crippen LogP contribution is 2.32. The van der Waals surface area contributed by atoms with Crippen LogP contribution in [0.1, 0.15) is 50.9 Å². The zero-order valence-electron chi connectivity index (χ0n) is 16.1. The van der Waals surface area contributed by atoms with Crippen LogP contribution in [0.3, 0.4) is 0 Å². The van der Waals surface area contributed by atoms with E-state index in [9.17, 15) is 34.6 Å². The van der Waals surface area contributed by atoms with Crippen molar-refractivity contribution in [2.45, 2.75) is 40.5 Å². The molecule has 1 aromatic carbocycles. The Labute approximate surface area is 161 Å². The number of hydrogen-bond acceptors (Lipinski definition) is 8. The third-order valence-corrected chi connectivity index (χ3v) is 4.24. The van der Waals surface area contributed by atoms with Crippen molar-refractivity contribution >= 4 is 28.9 Å². The number of nitrogens with zero attached hydrogens (tertiary/aromatic N) is 2. The van der Waals surface area contributed by atoms with Gasteiger partial charge >= 0.3 is 5.97 Å². The Balaban J connectivity index is 3.53. The topological polar surface area (TPSA) is 147 Å². The van der Waals surface area contributed by atoms with Crippen molar-refractivity contribution in [1.29, 1.82) is 0 Å². The molecule has 0 N–H and O–H groups in total. The Kier molecular flexibility index (Phi) is 7.48. The predicted octanol–water partition coefficient (Wildman–Crippen LogP) is 3.26. The van der Waals surface area contributed by atoms with Crippen molar-refractivity contribution in [3.8, 4) is 0 Å². The summed E-state index contributed by atoms with van der Waals surface area (Å²) in [4.78, 5) is 58.6. The molecule has 0 spiro atoms. The lowest BCUT2D eigenvalue weighted by atomic mass is 9.75. The first-order valence-corrected chi connectivity index (χ1v) is 8.65. The molecular weight excluding hydrogens is 372 g/mol. The summed E-state index contributed by atoms with van der Waals surface area (Å²) in [6.07, 6.45) is 0.998. The summed E-state index contributed by atoms with van der Waals surface area (Å²) in [7, 11) is 0. The maximum Gasteiger partial charge on any atom is 0.324 e. The number of carbonyl (C=O) groups is 3. The van der Waals surface area contributed by atoms with Crippen molar-refractivity contribution in [1.82, 2.24) is 0 Å². The Morgan fingerprint density at radius 3 is 2.18 bits per heavy atom. The highest BCUT2D eigenvalue weighted by atomic mass is 16.6. The van der Waals surface area contributed by atoms with Gasteiger partial charge in [-0.2, -0.15) is 0 Å². The van der Waals surface area contributed by atoms with Crippen molar-refractivity contribution in [2.24, 2.45) is 11.3 Å². The highest BCUT2D eigenvalue weighted by Gasteiger charge is 2.44. The lowest BCUT2D eigenvalue weighted by molar-refractivity contribution is -0.394. The first-order chi connectivity index (χ1) is 13.0. The van der Waals surface area contributed by atoms with Gasteiger partial charge in [-0.05, 0) is 19.4 Å². The number of rotatable bonds is 10. The lowest BCUT2D eigenvalue weighted by Crippen LogP contribution is -2.41. The molecule has 10 nitrogen and oxygen atoms in total. The Hall–Kier alpha value is -3.17. The average Bonchev–Trinajstić information content (AvgIpc) is 2.61. The summed E-state index contributed by atoms with van der Waals surface area (Å²) < 4.78 is 4.84. The minimum Gasteiger partial charge on any atom is -0.465 e. The van der Waals surface area contributed by atoms with Crippen molar-refractivity contribution in [2.75, 3.05) is 6.61 Å². The molecule has 1 unspecified atom stereocenters. The van der Waals surface area contributed by atoms with Crippen LogP contribution in [-0.2, 0) is 14.3 Å². The zero-order valence-corrected chi connectivity index (χ0v) is 16.1. The molecular formula is C18H22N2O8. The van der Waals surface area contributed by atoms with Gasteiger partial charge in [-0.1, -0.05) is 27.2 Å². The summed E-state index contributed by atoms with van der Waals surface area (Å²) in [5.41, 5.74) is -3.05. The molecule has 0 saturated carbocycles. The van der Waals surface area contributed by atoms with Gasteiger partial charge in [0, 0.05) is 11.5 Å². The third kappa shape index (κ3) is 4.96. The number of nitro benzene ring substituents is 2. The summed E-state index contributed by atoms with van der Waals surface area (Å²) in [6, 6.07) is 2.41. The molecule has 0 aliphatic rings. The van der Waals surface area contributed by atoms with Crippen LogP contribution >= 0.6 is 0 Å². The fourth-order valence-corrected chi connectivity index (χ4v) is 2.85. The second-order valence-electron chi connectivity index (χ2n) is 6.76. The van der Waals surface area contributed by atoms with E-state index in [0.29, 0.717) is 18.9 Å². The number of non-ortho nitro benzene ring substituents is 1. The van der Waals surface area contributed by atoms with Crippen LogP contribution < -0.4 is 0 Å². The second-order valence-corrected chi connectivity index (χ2v) is 6.76. The molecule has 1 atom stereocenters. The van der Waals surface area contributed by atoms with E-state index in [1.807, 2.05) is 6.92 Å². The van der Waals surface area contributed by atoms with Crippen LogP contribution in [0.4, 0.5) is 11.4 Å². The maximum absolute atomic E-state index is 13.0. The smallest absolute Gasteiger partial charge is 0.324 e. The minimum atomic E-state index is -1.89. The Morgan fingerprint density at radius 1 is 1.11 bits per heavy atom. The van der Waals surface area contributed by atoms with Gasteiger partial charge in [-0.15, -0.1) is 0 Å². The number of Topliss-reactive ketones (excluding diaryl/α,β-unsaturated/α-hetero) is 2. The van der Waals surface area contributed by atoms with Gasteiger partial charge in [0.15, 0.2) is 17.5 Å². The van der Waals surface area contributed by atoms with Crippen LogP contribution in [0.25, 0.3) is 0 Å². The molecule has 0 radical (unpaired) electrons. The third-order valence-electron chi connectivity index (χ3n) is 4.24. The highest BCUT2D eigenvalue weighted by molar-refractivity contribution is 6.24. The molecule has 152 valence electrons. The number of carbonyl (C=O) groups excluding carboxylic acids is 3. The lowest BCUT2D eigenvalue weighted by Gasteiger charge is -2.26. The molecule has 1 rings (SSSR count). The van der Waals surface area contributed by atoms with Gasteiger partial charge < -0.3 is 4.74 Å². The standard InChI is InChI=1S/C18H22N2O8/c1-5-9-18(3,4)16(22)14(17(23)28-6-2)15(21)12-8-7-11(19(24)25)10-13(12)20(26)27/h7-8,10,14H,5-6,9H2,1-4H3. The summed E-state index contributed by atoms with van der Waals surface area (Å²) in [5, 5.41) is 22.2. The summed E-state index contributed by atoms with van der Waals surface area (Å²) in [5.74, 6) is -4.82. The molecule has 0 saturated heterocycles. The number of esters is 1. The van der Waals surface area contributed by atoms with Crippen molar-refractivity contribution < 1.29 is 29.0 Å². The SMILES string of the molecule is CCCC(C)(C)C(=O)C(C(=O)OCC)C(=O)c1ccc([N+](=O)[O-])cc1[N+](=O)[O-]. The first kappa shape index (κ1) is 22.9. The van der Waals surface area contributed by atoms with Crippen LogP contribution in [0.15, 0.2) is 18.2 Å². The van der Waals surface area contributed by atoms with Gasteiger partial charge in [0.05, 0.1) is 28.1 Å². The van der Waals surface area contributed by atoms with E-state index in [0.717, 1.165) is 12.1 Å². The largest absolute Gasteiger partial charge is 0.465 e. The molecule has 0 bridgehead atoms. The Morgan fingerprint density at radius 2 is 1.71 bits per heavy atom. The molecule has 10 heteroatoms. The van der Waals surface area contributed by atoms with E-state index in [4.69, 9.17) is 4.74 Å². The van der Waals surface area contributed by atoms with E-state index >= 15 is 0 Å². The number of benzene rings is 1. The van der Waals surface area contributed by atoms with Crippen LogP contribution in [0.2, 0.25) is 0 Å². The fraction of sp³-hybridized carbons (Fsp3) is 0.500. The van der Waals surface area contributed by atoms with Gasteiger partial charge in [0.2, 0.25) is 0 Å². The molecule has 0 heterocycles. The van der Waals surface area contributed by atoms with E-state index in [2.05, 4.69) is 0 Å². The fourth-order valence-electron chi connectivity index (χ4n) is 2.85. The minimum absolute atomic E-state index is 0.0908. The molecule has 0 aromatic heterocycles. The van der Waals surface area contributed by atoms with E-state index in [1.54, 1.807) is 13.8 Å². The van der Waals surface area contributed by atoms with E-state index in [1.165, 1.54) is 6.92 Å². The van der Waals surface area contributed by atoms with Crippen molar-refractivity contribution in [3.05, 3.63) is 44.0 Å². The molecule has 0 amide bonds. The van der Waals surface area contributed by atoms with Crippen LogP contribution in [-0.4, -0.2) is 34.0 Å². The molecule has 0 aliphatic heterocycles. The number of nitro groups is 2. The van der Waals surface area contributed by atoms with Gasteiger partial charge in [0.1, 0.15) is 0 Å². The van der Waals surface area contributed by atoms with Crippen molar-refractivity contribution in [3.63, 3.8) is 0 Å². The molecule has 1 aromatic rings. The maximum atomic E-state index is 13.0. The van der Waals surface area contributed by atoms with Gasteiger partial charge in [0.25, 0.3) is 11.4 Å². The zero-order chi connectivity index (χ0) is 21.6. The Bertz CT molecular complexity index is 816. The van der Waals surface area contributed by atoms with E-state index < -0.39 is 55.7 Å². The molecule has 0 aliphatic carbocycles. The van der Waals surface area contributed by atoms with Crippen LogP contribution in [0.5, 0.6) is 0 Å².